The van der Waals surface area contributed by atoms with Gasteiger partial charge in [0.25, 0.3) is 0 Å². The van der Waals surface area contributed by atoms with Crippen molar-refractivity contribution in [3.63, 3.8) is 0 Å². The van der Waals surface area contributed by atoms with Crippen LogP contribution in [0.4, 0.5) is 0 Å². The number of aliphatic hydroxyl groups excluding tert-OH is 1. The van der Waals surface area contributed by atoms with E-state index in [4.69, 9.17) is 16.3 Å². The Hall–Kier alpha value is -3.22. The first-order valence-corrected chi connectivity index (χ1v) is 12.2. The lowest BCUT2D eigenvalue weighted by Crippen LogP contribution is -2.48. The van der Waals surface area contributed by atoms with Crippen molar-refractivity contribution < 1.29 is 19.8 Å². The van der Waals surface area contributed by atoms with Gasteiger partial charge in [-0.2, -0.15) is 0 Å². The van der Waals surface area contributed by atoms with Gasteiger partial charge in [-0.1, -0.05) is 23.4 Å². The van der Waals surface area contributed by atoms with Gasteiger partial charge in [0.05, 0.1) is 35.7 Å². The molecule has 1 aliphatic rings. The number of nitrogens with zero attached hydrogens (tertiary/aromatic N) is 3. The summed E-state index contributed by atoms with van der Waals surface area (Å²) in [6, 6.07) is 9.14. The summed E-state index contributed by atoms with van der Waals surface area (Å²) in [5, 5.41) is 21.7. The van der Waals surface area contributed by atoms with E-state index in [1.165, 1.54) is 6.20 Å². The number of amides is 1. The molecule has 3 N–H and O–H groups in total. The Bertz CT molecular complexity index is 1270. The highest BCUT2D eigenvalue weighted by Crippen LogP contribution is 2.41. The van der Waals surface area contributed by atoms with E-state index in [1.807, 2.05) is 23.7 Å². The van der Waals surface area contributed by atoms with E-state index < -0.39 is 17.4 Å². The normalized spacial score (nSPS) is 16.1. The highest BCUT2D eigenvalue weighted by atomic mass is 35.5. The fraction of sp³-hybridized carbons (Fsp3) is 0.370. The maximum absolute atomic E-state index is 12.8. The average molecular weight is 509 g/mol. The molecule has 1 aliphatic heterocycles. The van der Waals surface area contributed by atoms with Gasteiger partial charge in [0.15, 0.2) is 0 Å². The number of carbonyl (C=O) groups is 1. The molecule has 0 aliphatic carbocycles. The average Bonchev–Trinajstić information content (AvgIpc) is 2.92. The van der Waals surface area contributed by atoms with E-state index in [2.05, 4.69) is 26.7 Å². The minimum Gasteiger partial charge on any atom is -0.497 e. The Labute approximate surface area is 215 Å². The standard InChI is InChI=1S/C27H29ClN4O4/c1-36-20-4-5-23-21(17-20)25(22(28)18-30-23)24(33)6-9-27(26(34)31-35)10-15-32(16-11-27)14-2-3-19-7-12-29-13-8-19/h4-5,7-8,12-13,17-18,24,33,35H,6,9-11,14-16H2,1H3,(H,31,34). The molecule has 0 bridgehead atoms. The number of methoxy groups -OCH3 is 1. The second-order valence-electron chi connectivity index (χ2n) is 8.99. The number of likely N-dealkylation sites (tertiary alicyclic amines) is 1. The molecule has 1 atom stereocenters. The molecule has 3 heterocycles. The van der Waals surface area contributed by atoms with E-state index in [-0.39, 0.29) is 0 Å². The van der Waals surface area contributed by atoms with Gasteiger partial charge in [-0.15, -0.1) is 0 Å². The maximum atomic E-state index is 12.8. The number of pyridine rings is 2. The van der Waals surface area contributed by atoms with Gasteiger partial charge >= 0.3 is 0 Å². The van der Waals surface area contributed by atoms with Crippen LogP contribution in [0.15, 0.2) is 48.9 Å². The molecular formula is C27H29ClN4O4. The summed E-state index contributed by atoms with van der Waals surface area (Å²) in [5.74, 6) is 6.50. The van der Waals surface area contributed by atoms with Crippen LogP contribution >= 0.6 is 11.6 Å². The molecule has 4 rings (SSSR count). The first kappa shape index (κ1) is 25.9. The molecule has 1 amide bonds. The summed E-state index contributed by atoms with van der Waals surface area (Å²) in [4.78, 5) is 23.3. The number of hydrogen-bond donors (Lipinski definition) is 3. The smallest absolute Gasteiger partial charge is 0.249 e. The third kappa shape index (κ3) is 5.77. The van der Waals surface area contributed by atoms with Crippen molar-refractivity contribution in [3.8, 4) is 17.6 Å². The lowest BCUT2D eigenvalue weighted by Gasteiger charge is -2.40. The molecule has 1 unspecified atom stereocenters. The first-order valence-electron chi connectivity index (χ1n) is 11.8. The van der Waals surface area contributed by atoms with E-state index in [1.54, 1.807) is 31.6 Å². The highest BCUT2D eigenvalue weighted by Gasteiger charge is 2.41. The summed E-state index contributed by atoms with van der Waals surface area (Å²) in [5.41, 5.74) is 3.21. The summed E-state index contributed by atoms with van der Waals surface area (Å²) < 4.78 is 5.33. The van der Waals surface area contributed by atoms with Gasteiger partial charge in [-0.3, -0.25) is 24.9 Å². The van der Waals surface area contributed by atoms with E-state index in [0.29, 0.717) is 72.6 Å². The molecule has 36 heavy (non-hydrogen) atoms. The molecule has 9 heteroatoms. The monoisotopic (exact) mass is 508 g/mol. The van der Waals surface area contributed by atoms with Gasteiger partial charge in [-0.25, -0.2) is 5.48 Å². The van der Waals surface area contributed by atoms with Crippen molar-refractivity contribution in [1.29, 1.82) is 0 Å². The molecule has 0 radical (unpaired) electrons. The largest absolute Gasteiger partial charge is 0.497 e. The first-order chi connectivity index (χ1) is 17.5. The number of carbonyl (C=O) groups excluding carboxylic acids is 1. The van der Waals surface area contributed by atoms with Crippen LogP contribution < -0.4 is 10.2 Å². The molecule has 8 nitrogen and oxygen atoms in total. The Kier molecular flexibility index (Phi) is 8.39. The fourth-order valence-corrected chi connectivity index (χ4v) is 5.00. The fourth-order valence-electron chi connectivity index (χ4n) is 4.73. The lowest BCUT2D eigenvalue weighted by atomic mass is 9.73. The third-order valence-electron chi connectivity index (χ3n) is 6.91. The van der Waals surface area contributed by atoms with Gasteiger partial charge in [0.1, 0.15) is 5.75 Å². The molecule has 188 valence electrons. The number of hydrogen-bond acceptors (Lipinski definition) is 7. The number of piperidine rings is 1. The van der Waals surface area contributed by atoms with Crippen LogP contribution in [-0.2, 0) is 4.79 Å². The number of rotatable bonds is 7. The summed E-state index contributed by atoms with van der Waals surface area (Å²) >= 11 is 6.45. The van der Waals surface area contributed by atoms with Gasteiger partial charge in [0.2, 0.25) is 5.91 Å². The summed E-state index contributed by atoms with van der Waals surface area (Å²) in [7, 11) is 1.57. The Morgan fingerprint density at radius 1 is 1.28 bits per heavy atom. The number of halogens is 1. The molecule has 2 aromatic heterocycles. The van der Waals surface area contributed by atoms with E-state index in [0.717, 1.165) is 5.56 Å². The van der Waals surface area contributed by atoms with Crippen LogP contribution in [-0.4, -0.2) is 57.8 Å². The van der Waals surface area contributed by atoms with Crippen LogP contribution in [0.1, 0.15) is 42.9 Å². The molecule has 0 spiro atoms. The third-order valence-corrected chi connectivity index (χ3v) is 7.21. The zero-order chi connectivity index (χ0) is 25.5. The number of hydroxylamine groups is 1. The highest BCUT2D eigenvalue weighted by molar-refractivity contribution is 6.32. The Morgan fingerprint density at radius 3 is 2.72 bits per heavy atom. The maximum Gasteiger partial charge on any atom is 0.249 e. The second kappa shape index (κ2) is 11.7. The number of fused-ring (bicyclic) bond motifs is 1. The topological polar surface area (TPSA) is 108 Å². The van der Waals surface area contributed by atoms with Gasteiger partial charge in [-0.05, 0) is 56.0 Å². The predicted molar refractivity (Wildman–Crippen MR) is 137 cm³/mol. The SMILES string of the molecule is COc1ccc2ncc(Cl)c(C(O)CCC3(C(=O)NO)CCN(CC#Cc4ccncc4)CC3)c2c1. The van der Waals surface area contributed by atoms with E-state index in [9.17, 15) is 15.1 Å². The molecule has 1 saturated heterocycles. The Balaban J connectivity index is 1.45. The van der Waals surface area contributed by atoms with Crippen molar-refractivity contribution in [1.82, 2.24) is 20.3 Å². The minimum absolute atomic E-state index is 0.297. The molecular weight excluding hydrogens is 480 g/mol. The zero-order valence-electron chi connectivity index (χ0n) is 20.1. The Morgan fingerprint density at radius 2 is 2.03 bits per heavy atom. The zero-order valence-corrected chi connectivity index (χ0v) is 20.8. The van der Waals surface area contributed by atoms with Crippen molar-refractivity contribution >= 4 is 28.4 Å². The van der Waals surface area contributed by atoms with Crippen LogP contribution in [0.3, 0.4) is 0 Å². The lowest BCUT2D eigenvalue weighted by molar-refractivity contribution is -0.143. The van der Waals surface area contributed by atoms with Crippen LogP contribution in [0.25, 0.3) is 10.9 Å². The molecule has 0 saturated carbocycles. The van der Waals surface area contributed by atoms with Crippen LogP contribution in [0.2, 0.25) is 5.02 Å². The van der Waals surface area contributed by atoms with Crippen molar-refractivity contribution in [3.05, 3.63) is 65.1 Å². The van der Waals surface area contributed by atoms with Crippen molar-refractivity contribution in [2.45, 2.75) is 31.8 Å². The molecule has 1 aromatic carbocycles. The number of ether oxygens (including phenoxy) is 1. The van der Waals surface area contributed by atoms with Crippen LogP contribution in [0, 0.1) is 17.3 Å². The van der Waals surface area contributed by atoms with Crippen LogP contribution in [0.5, 0.6) is 5.75 Å². The number of aromatic nitrogens is 2. The van der Waals surface area contributed by atoms with E-state index >= 15 is 0 Å². The minimum atomic E-state index is -0.914. The molecule has 1 fully saturated rings. The summed E-state index contributed by atoms with van der Waals surface area (Å²) in [6.45, 7) is 1.90. The van der Waals surface area contributed by atoms with Crippen molar-refractivity contribution in [2.24, 2.45) is 5.41 Å². The number of aliphatic hydroxyl groups is 1. The second-order valence-corrected chi connectivity index (χ2v) is 9.40. The van der Waals surface area contributed by atoms with Gasteiger partial charge in [0, 0.05) is 48.2 Å². The van der Waals surface area contributed by atoms with Gasteiger partial charge < -0.3 is 9.84 Å². The number of nitrogens with one attached hydrogen (secondary N) is 1. The molecule has 3 aromatic rings. The number of benzene rings is 1. The summed E-state index contributed by atoms with van der Waals surface area (Å²) in [6.07, 6.45) is 5.80. The quantitative estimate of drug-likeness (QED) is 0.253. The van der Waals surface area contributed by atoms with Crippen molar-refractivity contribution in [2.75, 3.05) is 26.7 Å². The predicted octanol–water partition coefficient (Wildman–Crippen LogP) is 3.74.